The van der Waals surface area contributed by atoms with Gasteiger partial charge in [0.2, 0.25) is 0 Å². The van der Waals surface area contributed by atoms with Crippen molar-refractivity contribution in [1.82, 2.24) is 15.5 Å². The summed E-state index contributed by atoms with van der Waals surface area (Å²) in [6, 6.07) is 0.0686. The Hall–Kier alpha value is -0.810. The lowest BCUT2D eigenvalue weighted by atomic mass is 9.85. The highest BCUT2D eigenvalue weighted by Crippen LogP contribution is 2.23. The van der Waals surface area contributed by atoms with Crippen molar-refractivity contribution in [2.45, 2.75) is 57.9 Å². The van der Waals surface area contributed by atoms with Crippen LogP contribution < -0.4 is 10.6 Å². The van der Waals surface area contributed by atoms with Crippen LogP contribution in [0.25, 0.3) is 0 Å². The number of piperidine rings is 1. The summed E-state index contributed by atoms with van der Waals surface area (Å²) in [5, 5.41) is 15.4. The van der Waals surface area contributed by atoms with E-state index < -0.39 is 0 Å². The highest BCUT2D eigenvalue weighted by molar-refractivity contribution is 5.74. The number of nitrogens with one attached hydrogen (secondary N) is 2. The first-order chi connectivity index (χ1) is 10.7. The third-order valence-corrected chi connectivity index (χ3v) is 5.14. The van der Waals surface area contributed by atoms with Crippen LogP contribution in [-0.2, 0) is 0 Å². The van der Waals surface area contributed by atoms with Crippen molar-refractivity contribution in [3.63, 3.8) is 0 Å². The third kappa shape index (κ3) is 5.76. The molecule has 3 N–H and O–H groups in total. The van der Waals surface area contributed by atoms with Crippen LogP contribution in [0.2, 0.25) is 0 Å². The molecule has 0 aromatic carbocycles. The normalized spacial score (nSPS) is 30.0. The van der Waals surface area contributed by atoms with E-state index in [1.165, 1.54) is 32.4 Å². The topological polar surface area (TPSA) is 64.6 Å². The summed E-state index contributed by atoms with van der Waals surface area (Å²) in [4.78, 5) is 14.5. The molecule has 2 rings (SSSR count). The van der Waals surface area contributed by atoms with E-state index in [9.17, 15) is 9.90 Å². The fourth-order valence-electron chi connectivity index (χ4n) is 3.83. The zero-order valence-electron chi connectivity index (χ0n) is 14.0. The molecule has 1 heterocycles. The van der Waals surface area contributed by atoms with Crippen molar-refractivity contribution in [3.8, 4) is 0 Å². The van der Waals surface area contributed by atoms with E-state index in [4.69, 9.17) is 0 Å². The SMILES string of the molecule is CC1CCCN(CCCNC(=O)NC2CCCCC2CO)C1. The van der Waals surface area contributed by atoms with Crippen molar-refractivity contribution in [2.24, 2.45) is 11.8 Å². The highest BCUT2D eigenvalue weighted by Gasteiger charge is 2.25. The van der Waals surface area contributed by atoms with Gasteiger partial charge in [-0.25, -0.2) is 4.79 Å². The Morgan fingerprint density at radius 2 is 2.05 bits per heavy atom. The van der Waals surface area contributed by atoms with E-state index in [0.717, 1.165) is 44.7 Å². The Balaban J connectivity index is 1.57. The molecule has 5 heteroatoms. The molecule has 0 aromatic rings. The molecule has 2 aliphatic rings. The minimum Gasteiger partial charge on any atom is -0.396 e. The monoisotopic (exact) mass is 311 g/mol. The first-order valence-electron chi connectivity index (χ1n) is 9.06. The van der Waals surface area contributed by atoms with E-state index >= 15 is 0 Å². The summed E-state index contributed by atoms with van der Waals surface area (Å²) in [6.45, 7) is 6.71. The van der Waals surface area contributed by atoms with Crippen molar-refractivity contribution in [2.75, 3.05) is 32.8 Å². The smallest absolute Gasteiger partial charge is 0.315 e. The Morgan fingerprint density at radius 1 is 1.23 bits per heavy atom. The van der Waals surface area contributed by atoms with E-state index in [-0.39, 0.29) is 24.6 Å². The standard InChI is InChI=1S/C17H33N3O2/c1-14-6-4-10-20(12-14)11-5-9-18-17(22)19-16-8-3-2-7-15(16)13-21/h14-16,21H,2-13H2,1H3,(H2,18,19,22). The number of aliphatic hydroxyl groups is 1. The number of nitrogens with zero attached hydrogens (tertiary/aromatic N) is 1. The number of amides is 2. The summed E-state index contributed by atoms with van der Waals surface area (Å²) < 4.78 is 0. The first-order valence-corrected chi connectivity index (χ1v) is 9.06. The number of hydrogen-bond donors (Lipinski definition) is 3. The zero-order chi connectivity index (χ0) is 15.8. The van der Waals surface area contributed by atoms with Gasteiger partial charge in [-0.05, 0) is 51.1 Å². The minimum atomic E-state index is -0.0719. The molecule has 0 aromatic heterocycles. The molecule has 1 aliphatic heterocycles. The van der Waals surface area contributed by atoms with Gasteiger partial charge in [0.15, 0.2) is 0 Å². The fourth-order valence-corrected chi connectivity index (χ4v) is 3.83. The van der Waals surface area contributed by atoms with Crippen LogP contribution >= 0.6 is 0 Å². The Labute approximate surface area is 134 Å². The van der Waals surface area contributed by atoms with Crippen molar-refractivity contribution in [3.05, 3.63) is 0 Å². The maximum absolute atomic E-state index is 12.0. The van der Waals surface area contributed by atoms with E-state index in [0.29, 0.717) is 0 Å². The van der Waals surface area contributed by atoms with Gasteiger partial charge in [-0.15, -0.1) is 0 Å². The van der Waals surface area contributed by atoms with Gasteiger partial charge in [0.1, 0.15) is 0 Å². The number of aliphatic hydroxyl groups excluding tert-OH is 1. The number of likely N-dealkylation sites (tertiary alicyclic amines) is 1. The van der Waals surface area contributed by atoms with Crippen LogP contribution in [0.15, 0.2) is 0 Å². The van der Waals surface area contributed by atoms with Crippen LogP contribution in [0.1, 0.15) is 51.9 Å². The van der Waals surface area contributed by atoms with E-state index in [2.05, 4.69) is 22.5 Å². The Kier molecular flexibility index (Phi) is 7.46. The van der Waals surface area contributed by atoms with Crippen LogP contribution in [0.3, 0.4) is 0 Å². The van der Waals surface area contributed by atoms with E-state index in [1.807, 2.05) is 0 Å². The van der Waals surface area contributed by atoms with Gasteiger partial charge in [0, 0.05) is 31.7 Å². The largest absolute Gasteiger partial charge is 0.396 e. The lowest BCUT2D eigenvalue weighted by Crippen LogP contribution is -2.48. The van der Waals surface area contributed by atoms with Gasteiger partial charge in [-0.1, -0.05) is 19.8 Å². The third-order valence-electron chi connectivity index (χ3n) is 5.14. The lowest BCUT2D eigenvalue weighted by molar-refractivity contribution is 0.153. The molecule has 3 atom stereocenters. The average molecular weight is 311 g/mol. The molecule has 0 radical (unpaired) electrons. The van der Waals surface area contributed by atoms with Crippen LogP contribution in [-0.4, -0.2) is 54.9 Å². The summed E-state index contributed by atoms with van der Waals surface area (Å²) in [5.41, 5.74) is 0. The quantitative estimate of drug-likeness (QED) is 0.657. The number of carbonyl (C=O) groups excluding carboxylic acids is 1. The van der Waals surface area contributed by atoms with Gasteiger partial charge < -0.3 is 20.6 Å². The molecule has 1 saturated carbocycles. The fraction of sp³-hybridized carbons (Fsp3) is 0.941. The zero-order valence-corrected chi connectivity index (χ0v) is 14.0. The first kappa shape index (κ1) is 17.5. The second kappa shape index (κ2) is 9.36. The molecular formula is C17H33N3O2. The minimum absolute atomic E-state index is 0.0719. The number of rotatable bonds is 6. The van der Waals surface area contributed by atoms with E-state index in [1.54, 1.807) is 0 Å². The molecule has 1 aliphatic carbocycles. The maximum atomic E-state index is 12.0. The number of urea groups is 1. The van der Waals surface area contributed by atoms with Crippen molar-refractivity contribution >= 4 is 6.03 Å². The van der Waals surface area contributed by atoms with Gasteiger partial charge in [-0.3, -0.25) is 0 Å². The van der Waals surface area contributed by atoms with Gasteiger partial charge in [-0.2, -0.15) is 0 Å². The average Bonchev–Trinajstić information content (AvgIpc) is 2.52. The molecule has 1 saturated heterocycles. The molecule has 128 valence electrons. The molecule has 0 bridgehead atoms. The van der Waals surface area contributed by atoms with Crippen LogP contribution in [0, 0.1) is 11.8 Å². The summed E-state index contributed by atoms with van der Waals surface area (Å²) >= 11 is 0. The Bertz CT molecular complexity index is 338. The van der Waals surface area contributed by atoms with Crippen molar-refractivity contribution < 1.29 is 9.90 Å². The maximum Gasteiger partial charge on any atom is 0.315 e. The predicted octanol–water partition coefficient (Wildman–Crippen LogP) is 1.96. The molecule has 5 nitrogen and oxygen atoms in total. The van der Waals surface area contributed by atoms with Crippen molar-refractivity contribution in [1.29, 1.82) is 0 Å². The summed E-state index contributed by atoms with van der Waals surface area (Å²) in [5.74, 6) is 1.04. The van der Waals surface area contributed by atoms with Crippen LogP contribution in [0.5, 0.6) is 0 Å². The lowest BCUT2D eigenvalue weighted by Gasteiger charge is -2.31. The van der Waals surface area contributed by atoms with Gasteiger partial charge in [0.25, 0.3) is 0 Å². The molecule has 2 fully saturated rings. The number of hydrogen-bond acceptors (Lipinski definition) is 3. The van der Waals surface area contributed by atoms with Gasteiger partial charge >= 0.3 is 6.03 Å². The molecule has 0 spiro atoms. The molecular weight excluding hydrogens is 278 g/mol. The summed E-state index contributed by atoms with van der Waals surface area (Å²) in [7, 11) is 0. The molecule has 22 heavy (non-hydrogen) atoms. The molecule has 2 amide bonds. The second-order valence-electron chi connectivity index (χ2n) is 7.14. The second-order valence-corrected chi connectivity index (χ2v) is 7.14. The van der Waals surface area contributed by atoms with Crippen LogP contribution in [0.4, 0.5) is 4.79 Å². The molecule has 3 unspecified atom stereocenters. The highest BCUT2D eigenvalue weighted by atomic mass is 16.3. The van der Waals surface area contributed by atoms with Gasteiger partial charge in [0.05, 0.1) is 0 Å². The predicted molar refractivity (Wildman–Crippen MR) is 88.8 cm³/mol. The number of carbonyl (C=O) groups is 1. The summed E-state index contributed by atoms with van der Waals surface area (Å²) in [6.07, 6.45) is 7.99. The Morgan fingerprint density at radius 3 is 2.82 bits per heavy atom.